The molecule has 0 saturated carbocycles. The first kappa shape index (κ1) is 24.4. The van der Waals surface area contributed by atoms with E-state index in [2.05, 4.69) is 23.8 Å². The Morgan fingerprint density at radius 3 is 2.58 bits per heavy atom. The molecule has 1 fully saturated rings. The van der Waals surface area contributed by atoms with Crippen molar-refractivity contribution in [1.82, 2.24) is 4.98 Å². The van der Waals surface area contributed by atoms with Crippen molar-refractivity contribution in [2.24, 2.45) is 0 Å². The summed E-state index contributed by atoms with van der Waals surface area (Å²) in [6.07, 6.45) is 2.77. The van der Waals surface area contributed by atoms with Crippen molar-refractivity contribution in [1.29, 1.82) is 0 Å². The third-order valence-corrected chi connectivity index (χ3v) is 8.61. The fourth-order valence-electron chi connectivity index (χ4n) is 4.18. The van der Waals surface area contributed by atoms with Crippen LogP contribution in [0.25, 0.3) is 10.2 Å². The first-order valence-electron chi connectivity index (χ1n) is 11.9. The van der Waals surface area contributed by atoms with Crippen molar-refractivity contribution in [3.8, 4) is 0 Å². The second-order valence-corrected chi connectivity index (χ2v) is 11.4. The normalized spacial score (nSPS) is 15.8. The highest BCUT2D eigenvalue weighted by molar-refractivity contribution is 7.92. The highest BCUT2D eigenvalue weighted by Crippen LogP contribution is 2.32. The molecule has 36 heavy (non-hydrogen) atoms. The van der Waals surface area contributed by atoms with Crippen LogP contribution in [0.4, 0.5) is 10.8 Å². The molecule has 1 amide bonds. The molecule has 186 valence electrons. The van der Waals surface area contributed by atoms with Crippen molar-refractivity contribution >= 4 is 48.3 Å². The number of benzene rings is 3. The van der Waals surface area contributed by atoms with E-state index in [1.54, 1.807) is 47.4 Å². The van der Waals surface area contributed by atoms with E-state index < -0.39 is 10.0 Å². The van der Waals surface area contributed by atoms with E-state index in [0.29, 0.717) is 29.5 Å². The maximum absolute atomic E-state index is 13.6. The monoisotopic (exact) mass is 521 g/mol. The number of nitrogens with one attached hydrogen (secondary N) is 1. The Labute approximate surface area is 214 Å². The molecular weight excluding hydrogens is 494 g/mol. The molecule has 1 saturated heterocycles. The number of sulfonamides is 1. The zero-order valence-electron chi connectivity index (χ0n) is 19.9. The van der Waals surface area contributed by atoms with Gasteiger partial charge in [0.15, 0.2) is 5.13 Å². The lowest BCUT2D eigenvalue weighted by atomic mass is 10.1. The second kappa shape index (κ2) is 10.4. The minimum atomic E-state index is -3.71. The molecule has 1 aliphatic rings. The molecule has 0 radical (unpaired) electrons. The molecular formula is C27H27N3O4S2. The van der Waals surface area contributed by atoms with Crippen molar-refractivity contribution in [2.45, 2.75) is 37.2 Å². The smallest absolute Gasteiger partial charge is 0.261 e. The Bertz CT molecular complexity index is 1460. The largest absolute Gasteiger partial charge is 0.376 e. The molecule has 1 N–H and O–H groups in total. The number of ether oxygens (including phenoxy) is 1. The summed E-state index contributed by atoms with van der Waals surface area (Å²) in [5, 5.41) is 0.632. The highest BCUT2D eigenvalue weighted by atomic mass is 32.2. The third-order valence-electron chi connectivity index (χ3n) is 6.17. The number of rotatable bonds is 8. The molecule has 7 nitrogen and oxygen atoms in total. The van der Waals surface area contributed by atoms with Crippen LogP contribution in [-0.2, 0) is 21.2 Å². The van der Waals surface area contributed by atoms with Crippen LogP contribution in [0.15, 0.2) is 77.7 Å². The van der Waals surface area contributed by atoms with Crippen LogP contribution >= 0.6 is 11.3 Å². The van der Waals surface area contributed by atoms with Gasteiger partial charge in [0.2, 0.25) is 0 Å². The number of hydrogen-bond donors (Lipinski definition) is 1. The predicted octanol–water partition coefficient (Wildman–Crippen LogP) is 5.49. The zero-order valence-corrected chi connectivity index (χ0v) is 21.5. The van der Waals surface area contributed by atoms with Crippen LogP contribution in [0.2, 0.25) is 0 Å². The molecule has 1 atom stereocenters. The molecule has 3 aromatic carbocycles. The summed E-state index contributed by atoms with van der Waals surface area (Å²) in [5.41, 5.74) is 2.92. The number of fused-ring (bicyclic) bond motifs is 1. The lowest BCUT2D eigenvalue weighted by Crippen LogP contribution is -2.37. The van der Waals surface area contributed by atoms with E-state index in [4.69, 9.17) is 9.72 Å². The summed E-state index contributed by atoms with van der Waals surface area (Å²) >= 11 is 1.50. The first-order valence-corrected chi connectivity index (χ1v) is 14.2. The highest BCUT2D eigenvalue weighted by Gasteiger charge is 2.27. The number of nitrogens with zero attached hydrogens (tertiary/aromatic N) is 2. The number of aryl methyl sites for hydroxylation is 1. The topological polar surface area (TPSA) is 88.6 Å². The van der Waals surface area contributed by atoms with Crippen LogP contribution < -0.4 is 9.62 Å². The minimum absolute atomic E-state index is 0.0379. The van der Waals surface area contributed by atoms with Crippen molar-refractivity contribution in [3.05, 3.63) is 83.9 Å². The van der Waals surface area contributed by atoms with E-state index in [9.17, 15) is 13.2 Å². The van der Waals surface area contributed by atoms with Crippen LogP contribution in [0, 0.1) is 0 Å². The SMILES string of the molecule is CCc1ccc2nc(N(CC3CCCO3)C(=O)c3ccc(NS(=O)(=O)c4ccccc4)cc3)sc2c1. The van der Waals surface area contributed by atoms with Crippen LogP contribution in [0.1, 0.15) is 35.7 Å². The quantitative estimate of drug-likeness (QED) is 0.331. The van der Waals surface area contributed by atoms with Gasteiger partial charge in [0, 0.05) is 17.9 Å². The van der Waals surface area contributed by atoms with E-state index in [0.717, 1.165) is 29.5 Å². The molecule has 1 aliphatic heterocycles. The Kier molecular flexibility index (Phi) is 7.04. The molecule has 9 heteroatoms. The minimum Gasteiger partial charge on any atom is -0.376 e. The summed E-state index contributed by atoms with van der Waals surface area (Å²) < 4.78 is 34.7. The van der Waals surface area contributed by atoms with Gasteiger partial charge < -0.3 is 4.74 Å². The Morgan fingerprint density at radius 2 is 1.89 bits per heavy atom. The number of carbonyl (C=O) groups is 1. The standard InChI is InChI=1S/C27H27N3O4S2/c1-2-19-10-15-24-25(17-19)35-27(28-24)30(18-22-7-6-16-34-22)26(31)20-11-13-21(14-12-20)29-36(32,33)23-8-4-3-5-9-23/h3-5,8-15,17,22,29H,2,6-7,16,18H2,1H3. The van der Waals surface area contributed by atoms with Gasteiger partial charge in [0.25, 0.3) is 15.9 Å². The molecule has 1 aromatic heterocycles. The second-order valence-electron chi connectivity index (χ2n) is 8.70. The van der Waals surface area contributed by atoms with E-state index in [1.165, 1.54) is 29.0 Å². The van der Waals surface area contributed by atoms with Gasteiger partial charge in [0.05, 0.1) is 27.8 Å². The lowest BCUT2D eigenvalue weighted by Gasteiger charge is -2.23. The van der Waals surface area contributed by atoms with Crippen molar-refractivity contribution < 1.29 is 17.9 Å². The zero-order chi connectivity index (χ0) is 25.1. The van der Waals surface area contributed by atoms with E-state index in [-0.39, 0.29) is 16.9 Å². The fourth-order valence-corrected chi connectivity index (χ4v) is 6.30. The molecule has 2 heterocycles. The molecule has 0 aliphatic carbocycles. The first-order chi connectivity index (χ1) is 17.4. The summed E-state index contributed by atoms with van der Waals surface area (Å²) in [6, 6.07) is 20.8. The number of thiazole rings is 1. The molecule has 5 rings (SSSR count). The maximum Gasteiger partial charge on any atom is 0.261 e. The molecule has 4 aromatic rings. The summed E-state index contributed by atoms with van der Waals surface area (Å²) in [5.74, 6) is -0.197. The number of anilines is 2. The maximum atomic E-state index is 13.6. The summed E-state index contributed by atoms with van der Waals surface area (Å²) in [4.78, 5) is 20.3. The predicted molar refractivity (Wildman–Crippen MR) is 143 cm³/mol. The Morgan fingerprint density at radius 1 is 1.11 bits per heavy atom. The summed E-state index contributed by atoms with van der Waals surface area (Å²) in [6.45, 7) is 3.23. The van der Waals surface area contributed by atoms with Crippen molar-refractivity contribution in [2.75, 3.05) is 22.8 Å². The van der Waals surface area contributed by atoms with Crippen LogP contribution in [-0.4, -0.2) is 38.6 Å². The number of amides is 1. The molecule has 0 bridgehead atoms. The average Bonchev–Trinajstić information content (AvgIpc) is 3.57. The number of hydrogen-bond acceptors (Lipinski definition) is 6. The average molecular weight is 522 g/mol. The fraction of sp³-hybridized carbons (Fsp3) is 0.259. The van der Waals surface area contributed by atoms with Gasteiger partial charge >= 0.3 is 0 Å². The van der Waals surface area contributed by atoms with Crippen molar-refractivity contribution in [3.63, 3.8) is 0 Å². The van der Waals surface area contributed by atoms with Gasteiger partial charge in [-0.25, -0.2) is 13.4 Å². The number of aromatic nitrogens is 1. The van der Waals surface area contributed by atoms with Gasteiger partial charge in [-0.1, -0.05) is 42.5 Å². The third kappa shape index (κ3) is 5.28. The van der Waals surface area contributed by atoms with E-state index in [1.807, 2.05) is 6.07 Å². The molecule has 1 unspecified atom stereocenters. The van der Waals surface area contributed by atoms with E-state index >= 15 is 0 Å². The van der Waals surface area contributed by atoms with Gasteiger partial charge in [0.1, 0.15) is 0 Å². The van der Waals surface area contributed by atoms with Crippen LogP contribution in [0.5, 0.6) is 0 Å². The van der Waals surface area contributed by atoms with Gasteiger partial charge in [-0.3, -0.25) is 14.4 Å². The Balaban J connectivity index is 1.40. The Hall–Kier alpha value is -3.27. The summed E-state index contributed by atoms with van der Waals surface area (Å²) in [7, 11) is -3.71. The lowest BCUT2D eigenvalue weighted by molar-refractivity contribution is 0.0917. The van der Waals surface area contributed by atoms with Gasteiger partial charge in [-0.2, -0.15) is 0 Å². The molecule has 0 spiro atoms. The van der Waals surface area contributed by atoms with Gasteiger partial charge in [-0.15, -0.1) is 0 Å². The van der Waals surface area contributed by atoms with Crippen LogP contribution in [0.3, 0.4) is 0 Å². The van der Waals surface area contributed by atoms with Gasteiger partial charge in [-0.05, 0) is 73.4 Å². The number of carbonyl (C=O) groups excluding carboxylic acids is 1.